The molecule has 0 aliphatic carbocycles. The number of rotatable bonds is 6. The zero-order valence-electron chi connectivity index (χ0n) is 13.0. The Hall–Kier alpha value is -1.81. The van der Waals surface area contributed by atoms with E-state index in [0.717, 1.165) is 29.4 Å². The molecule has 114 valence electrons. The molecule has 1 atom stereocenters. The van der Waals surface area contributed by atoms with Gasteiger partial charge in [-0.3, -0.25) is 4.79 Å². The molecule has 0 spiro atoms. The van der Waals surface area contributed by atoms with Crippen LogP contribution in [0.3, 0.4) is 0 Å². The monoisotopic (exact) mass is 288 g/mol. The van der Waals surface area contributed by atoms with Crippen LogP contribution in [0.15, 0.2) is 18.2 Å². The number of carbonyl (C=O) groups is 1. The molecule has 0 bridgehead atoms. The van der Waals surface area contributed by atoms with E-state index in [9.17, 15) is 4.79 Å². The number of aryl methyl sites for hydroxylation is 2. The molecule has 0 aliphatic rings. The van der Waals surface area contributed by atoms with Crippen LogP contribution in [0.2, 0.25) is 0 Å². The lowest BCUT2D eigenvalue weighted by molar-refractivity contribution is 0.0952. The number of nitrogens with one attached hydrogen (secondary N) is 2. The highest BCUT2D eigenvalue weighted by atomic mass is 16.3. The van der Waals surface area contributed by atoms with E-state index in [0.29, 0.717) is 18.0 Å². The molecule has 1 aromatic carbocycles. The van der Waals surface area contributed by atoms with Crippen molar-refractivity contribution in [2.75, 3.05) is 13.2 Å². The number of aliphatic hydroxyl groups excluding tert-OH is 1. The smallest absolute Gasteiger partial charge is 0.251 e. The number of fused-ring (bicyclic) bond motifs is 1. The van der Waals surface area contributed by atoms with Gasteiger partial charge in [-0.15, -0.1) is 0 Å². The Labute approximate surface area is 125 Å². The highest BCUT2D eigenvalue weighted by Crippen LogP contribution is 2.22. The second kappa shape index (κ2) is 6.76. The number of aliphatic hydroxyl groups is 1. The standard InChI is InChI=1S/C17H24N2O2/c1-11(10-20)5-4-8-18-17(21)14-6-7-16-15(9-14)12(2)13(3)19-16/h6-7,9,11,19-20H,4-5,8,10H2,1-3H3,(H,18,21). The highest BCUT2D eigenvalue weighted by Gasteiger charge is 2.09. The SMILES string of the molecule is Cc1[nH]c2ccc(C(=O)NCCCC(C)CO)cc2c1C. The van der Waals surface area contributed by atoms with Gasteiger partial charge in [0, 0.05) is 35.3 Å². The second-order valence-corrected chi connectivity index (χ2v) is 5.82. The van der Waals surface area contributed by atoms with Crippen molar-refractivity contribution in [1.29, 1.82) is 0 Å². The summed E-state index contributed by atoms with van der Waals surface area (Å²) >= 11 is 0. The normalized spacial score (nSPS) is 12.6. The van der Waals surface area contributed by atoms with Crippen LogP contribution in [0.5, 0.6) is 0 Å². The summed E-state index contributed by atoms with van der Waals surface area (Å²) in [5.74, 6) is 0.260. The molecule has 0 saturated heterocycles. The summed E-state index contributed by atoms with van der Waals surface area (Å²) in [4.78, 5) is 15.5. The van der Waals surface area contributed by atoms with Crippen molar-refractivity contribution >= 4 is 16.8 Å². The molecular weight excluding hydrogens is 264 g/mol. The zero-order chi connectivity index (χ0) is 15.4. The van der Waals surface area contributed by atoms with Gasteiger partial charge in [0.25, 0.3) is 5.91 Å². The minimum Gasteiger partial charge on any atom is -0.396 e. The number of amides is 1. The maximum Gasteiger partial charge on any atom is 0.251 e. The molecule has 2 rings (SSSR count). The van der Waals surface area contributed by atoms with Crippen LogP contribution >= 0.6 is 0 Å². The maximum absolute atomic E-state index is 12.1. The first kappa shape index (κ1) is 15.6. The molecule has 0 radical (unpaired) electrons. The van der Waals surface area contributed by atoms with Crippen molar-refractivity contribution in [3.05, 3.63) is 35.0 Å². The van der Waals surface area contributed by atoms with Crippen molar-refractivity contribution in [2.24, 2.45) is 5.92 Å². The Morgan fingerprint density at radius 3 is 2.86 bits per heavy atom. The van der Waals surface area contributed by atoms with E-state index >= 15 is 0 Å². The van der Waals surface area contributed by atoms with Crippen LogP contribution in [0.1, 0.15) is 41.4 Å². The molecule has 0 fully saturated rings. The number of benzene rings is 1. The average molecular weight is 288 g/mol. The van der Waals surface area contributed by atoms with Gasteiger partial charge in [-0.1, -0.05) is 6.92 Å². The van der Waals surface area contributed by atoms with Crippen molar-refractivity contribution in [2.45, 2.75) is 33.6 Å². The van der Waals surface area contributed by atoms with Gasteiger partial charge in [0.1, 0.15) is 0 Å². The molecule has 1 unspecified atom stereocenters. The van der Waals surface area contributed by atoms with Gasteiger partial charge in [-0.2, -0.15) is 0 Å². The summed E-state index contributed by atoms with van der Waals surface area (Å²) in [6.07, 6.45) is 1.81. The maximum atomic E-state index is 12.1. The van der Waals surface area contributed by atoms with Gasteiger partial charge < -0.3 is 15.4 Å². The van der Waals surface area contributed by atoms with Crippen molar-refractivity contribution in [3.8, 4) is 0 Å². The van der Waals surface area contributed by atoms with Gasteiger partial charge in [0.05, 0.1) is 0 Å². The number of H-pyrrole nitrogens is 1. The fraction of sp³-hybridized carbons (Fsp3) is 0.471. The summed E-state index contributed by atoms with van der Waals surface area (Å²) < 4.78 is 0. The van der Waals surface area contributed by atoms with Crippen LogP contribution in [0, 0.1) is 19.8 Å². The first-order valence-electron chi connectivity index (χ1n) is 7.51. The largest absolute Gasteiger partial charge is 0.396 e. The molecule has 21 heavy (non-hydrogen) atoms. The molecule has 0 aliphatic heterocycles. The molecule has 1 aromatic heterocycles. The van der Waals surface area contributed by atoms with Gasteiger partial charge in [-0.25, -0.2) is 0 Å². The van der Waals surface area contributed by atoms with E-state index in [1.807, 2.05) is 32.0 Å². The Morgan fingerprint density at radius 2 is 2.14 bits per heavy atom. The minimum atomic E-state index is -0.0354. The van der Waals surface area contributed by atoms with Crippen LogP contribution in [0.4, 0.5) is 0 Å². The van der Waals surface area contributed by atoms with Crippen LogP contribution in [-0.4, -0.2) is 29.1 Å². The van der Waals surface area contributed by atoms with Gasteiger partial charge in [0.15, 0.2) is 0 Å². The molecule has 4 heteroatoms. The summed E-state index contributed by atoms with van der Waals surface area (Å²) in [7, 11) is 0. The predicted octanol–water partition coefficient (Wildman–Crippen LogP) is 2.92. The molecule has 3 N–H and O–H groups in total. The molecule has 1 heterocycles. The van der Waals surface area contributed by atoms with E-state index in [1.54, 1.807) is 0 Å². The highest BCUT2D eigenvalue weighted by molar-refractivity contribution is 5.99. The van der Waals surface area contributed by atoms with E-state index in [4.69, 9.17) is 5.11 Å². The number of carbonyl (C=O) groups excluding carboxylic acids is 1. The quantitative estimate of drug-likeness (QED) is 0.716. The van der Waals surface area contributed by atoms with Crippen LogP contribution in [-0.2, 0) is 0 Å². The van der Waals surface area contributed by atoms with Crippen LogP contribution < -0.4 is 5.32 Å². The lowest BCUT2D eigenvalue weighted by Crippen LogP contribution is -2.24. The third-order valence-electron chi connectivity index (χ3n) is 4.04. The van der Waals surface area contributed by atoms with Crippen molar-refractivity contribution in [1.82, 2.24) is 10.3 Å². The molecule has 1 amide bonds. The predicted molar refractivity (Wildman–Crippen MR) is 85.6 cm³/mol. The molecule has 4 nitrogen and oxygen atoms in total. The Kier molecular flexibility index (Phi) is 5.02. The lowest BCUT2D eigenvalue weighted by atomic mass is 10.1. The molecule has 2 aromatic rings. The number of hydrogen-bond acceptors (Lipinski definition) is 2. The summed E-state index contributed by atoms with van der Waals surface area (Å²) in [6.45, 7) is 6.96. The average Bonchev–Trinajstić information content (AvgIpc) is 2.77. The Bertz CT molecular complexity index is 631. The van der Waals surface area contributed by atoms with E-state index < -0.39 is 0 Å². The minimum absolute atomic E-state index is 0.0354. The molecule has 0 saturated carbocycles. The molecular formula is C17H24N2O2. The number of hydrogen-bond donors (Lipinski definition) is 3. The third-order valence-corrected chi connectivity index (χ3v) is 4.04. The lowest BCUT2D eigenvalue weighted by Gasteiger charge is -2.08. The summed E-state index contributed by atoms with van der Waals surface area (Å²) in [5.41, 5.74) is 4.09. The fourth-order valence-electron chi connectivity index (χ4n) is 2.45. The Balaban J connectivity index is 1.98. The van der Waals surface area contributed by atoms with Crippen molar-refractivity contribution in [3.63, 3.8) is 0 Å². The summed E-state index contributed by atoms with van der Waals surface area (Å²) in [6, 6.07) is 5.75. The first-order chi connectivity index (χ1) is 10.0. The van der Waals surface area contributed by atoms with Gasteiger partial charge in [-0.05, 0) is 56.4 Å². The number of aromatic nitrogens is 1. The van der Waals surface area contributed by atoms with E-state index in [2.05, 4.69) is 17.2 Å². The fourth-order valence-corrected chi connectivity index (χ4v) is 2.45. The van der Waals surface area contributed by atoms with Gasteiger partial charge in [0.2, 0.25) is 0 Å². The van der Waals surface area contributed by atoms with Gasteiger partial charge >= 0.3 is 0 Å². The van der Waals surface area contributed by atoms with Crippen molar-refractivity contribution < 1.29 is 9.90 Å². The zero-order valence-corrected chi connectivity index (χ0v) is 13.0. The summed E-state index contributed by atoms with van der Waals surface area (Å²) in [5, 5.41) is 13.0. The van der Waals surface area contributed by atoms with E-state index in [-0.39, 0.29) is 12.5 Å². The topological polar surface area (TPSA) is 65.1 Å². The Morgan fingerprint density at radius 1 is 1.38 bits per heavy atom. The van der Waals surface area contributed by atoms with Crippen LogP contribution in [0.25, 0.3) is 10.9 Å². The van der Waals surface area contributed by atoms with E-state index in [1.165, 1.54) is 5.56 Å². The second-order valence-electron chi connectivity index (χ2n) is 5.82. The first-order valence-corrected chi connectivity index (χ1v) is 7.51. The third kappa shape index (κ3) is 3.64. The number of aromatic amines is 1.